The second kappa shape index (κ2) is 9.05. The lowest BCUT2D eigenvalue weighted by atomic mass is 9.98. The molecule has 1 aromatic carbocycles. The van der Waals surface area contributed by atoms with Gasteiger partial charge in [-0.15, -0.1) is 0 Å². The largest absolute Gasteiger partial charge is 0.483 e. The van der Waals surface area contributed by atoms with E-state index in [1.54, 1.807) is 0 Å². The molecule has 0 aliphatic rings. The molecule has 0 bridgehead atoms. The first-order valence-electron chi connectivity index (χ1n) is 8.43. The van der Waals surface area contributed by atoms with Crippen LogP contribution in [0.5, 0.6) is 5.75 Å². The molecule has 6 nitrogen and oxygen atoms in total. The second-order valence-electron chi connectivity index (χ2n) is 5.69. The van der Waals surface area contributed by atoms with E-state index in [1.165, 1.54) is 0 Å². The van der Waals surface area contributed by atoms with Crippen LogP contribution >= 0.6 is 0 Å². The molecule has 0 unspecified atom stereocenters. The number of carbonyl (C=O) groups excluding carboxylic acids is 1. The van der Waals surface area contributed by atoms with Gasteiger partial charge in [-0.3, -0.25) is 4.79 Å². The Morgan fingerprint density at radius 1 is 1.33 bits per heavy atom. The Labute approximate surface area is 142 Å². The Hall–Kier alpha value is -2.37. The van der Waals surface area contributed by atoms with Crippen LogP contribution in [0.15, 0.2) is 28.8 Å². The number of hydrogen-bond donors (Lipinski definition) is 1. The van der Waals surface area contributed by atoms with Crippen LogP contribution < -0.4 is 10.1 Å². The number of carbonyl (C=O) groups is 1. The normalized spacial score (nSPS) is 12.0. The maximum Gasteiger partial charge on any atom is 0.257 e. The van der Waals surface area contributed by atoms with Crippen molar-refractivity contribution in [1.29, 1.82) is 0 Å². The summed E-state index contributed by atoms with van der Waals surface area (Å²) in [6.45, 7) is 6.69. The molecule has 0 spiro atoms. The average molecular weight is 331 g/mol. The van der Waals surface area contributed by atoms with Crippen LogP contribution in [0.2, 0.25) is 0 Å². The van der Waals surface area contributed by atoms with Gasteiger partial charge in [0.25, 0.3) is 5.91 Å². The third-order valence-electron chi connectivity index (χ3n) is 3.91. The summed E-state index contributed by atoms with van der Waals surface area (Å²) in [6.07, 6.45) is 2.28. The summed E-state index contributed by atoms with van der Waals surface area (Å²) in [5, 5.41) is 6.62. The number of nitrogens with zero attached hydrogens (tertiary/aromatic N) is 2. The third kappa shape index (κ3) is 5.08. The third-order valence-corrected chi connectivity index (χ3v) is 3.91. The Kier molecular flexibility index (Phi) is 6.78. The number of hydrogen-bond acceptors (Lipinski definition) is 5. The molecule has 0 saturated heterocycles. The predicted molar refractivity (Wildman–Crippen MR) is 91.0 cm³/mol. The number of aromatic nitrogens is 2. The minimum Gasteiger partial charge on any atom is -0.483 e. The highest BCUT2D eigenvalue weighted by Gasteiger charge is 2.11. The minimum absolute atomic E-state index is 0.00249. The highest BCUT2D eigenvalue weighted by atomic mass is 16.5. The quantitative estimate of drug-likeness (QED) is 0.764. The van der Waals surface area contributed by atoms with Gasteiger partial charge in [-0.25, -0.2) is 0 Å². The molecule has 0 aliphatic carbocycles. The van der Waals surface area contributed by atoms with Gasteiger partial charge in [-0.1, -0.05) is 44.1 Å². The van der Waals surface area contributed by atoms with Crippen LogP contribution in [0.25, 0.3) is 0 Å². The lowest BCUT2D eigenvalue weighted by Gasteiger charge is -2.15. The highest BCUT2D eigenvalue weighted by Crippen LogP contribution is 2.28. The fourth-order valence-corrected chi connectivity index (χ4v) is 2.28. The molecule has 130 valence electrons. The molecular weight excluding hydrogens is 306 g/mol. The summed E-state index contributed by atoms with van der Waals surface area (Å²) in [4.78, 5) is 16.1. The van der Waals surface area contributed by atoms with Crippen molar-refractivity contribution in [3.8, 4) is 5.75 Å². The Morgan fingerprint density at radius 3 is 2.83 bits per heavy atom. The molecule has 0 radical (unpaired) electrons. The molecule has 0 saturated carbocycles. The first-order chi connectivity index (χ1) is 11.6. The van der Waals surface area contributed by atoms with Gasteiger partial charge < -0.3 is 14.6 Å². The molecule has 6 heteroatoms. The molecule has 0 aliphatic heterocycles. The summed E-state index contributed by atoms with van der Waals surface area (Å²) in [5.74, 6) is 2.22. The zero-order chi connectivity index (χ0) is 17.4. The van der Waals surface area contributed by atoms with Gasteiger partial charge in [-0.05, 0) is 24.0 Å². The molecular formula is C18H25N3O3. The van der Waals surface area contributed by atoms with E-state index in [0.29, 0.717) is 30.6 Å². The lowest BCUT2D eigenvalue weighted by Crippen LogP contribution is -2.30. The number of rotatable bonds is 9. The summed E-state index contributed by atoms with van der Waals surface area (Å²) in [5.41, 5.74) is 1.13. The van der Waals surface area contributed by atoms with Crippen LogP contribution in [0.4, 0.5) is 0 Å². The summed E-state index contributed by atoms with van der Waals surface area (Å²) >= 11 is 0. The molecule has 1 N–H and O–H groups in total. The van der Waals surface area contributed by atoms with Gasteiger partial charge in [0, 0.05) is 19.4 Å². The van der Waals surface area contributed by atoms with Gasteiger partial charge in [0.15, 0.2) is 12.4 Å². The number of ether oxygens (including phenoxy) is 1. The molecule has 2 rings (SSSR count). The minimum atomic E-state index is -0.163. The Balaban J connectivity index is 1.77. The number of benzene rings is 1. The van der Waals surface area contributed by atoms with Crippen molar-refractivity contribution >= 4 is 5.91 Å². The first-order valence-corrected chi connectivity index (χ1v) is 8.43. The zero-order valence-corrected chi connectivity index (χ0v) is 14.5. The van der Waals surface area contributed by atoms with Crippen molar-refractivity contribution in [1.82, 2.24) is 15.5 Å². The molecule has 24 heavy (non-hydrogen) atoms. The predicted octanol–water partition coefficient (Wildman–Crippen LogP) is 2.88. The van der Waals surface area contributed by atoms with E-state index in [1.807, 2.05) is 31.2 Å². The van der Waals surface area contributed by atoms with Crippen molar-refractivity contribution in [3.63, 3.8) is 0 Å². The highest BCUT2D eigenvalue weighted by molar-refractivity contribution is 5.77. The van der Waals surface area contributed by atoms with E-state index < -0.39 is 0 Å². The molecule has 1 atom stereocenters. The van der Waals surface area contributed by atoms with Crippen molar-refractivity contribution in [2.75, 3.05) is 13.2 Å². The maximum atomic E-state index is 11.9. The van der Waals surface area contributed by atoms with Crippen LogP contribution in [0.1, 0.15) is 50.4 Å². The van der Waals surface area contributed by atoms with Gasteiger partial charge in [0.2, 0.25) is 5.89 Å². The molecule has 1 heterocycles. The zero-order valence-electron chi connectivity index (χ0n) is 14.5. The topological polar surface area (TPSA) is 77.2 Å². The number of aryl methyl sites for hydroxylation is 1. The summed E-state index contributed by atoms with van der Waals surface area (Å²) < 4.78 is 10.8. The van der Waals surface area contributed by atoms with Gasteiger partial charge in [0.05, 0.1) is 0 Å². The lowest BCUT2D eigenvalue weighted by molar-refractivity contribution is -0.123. The van der Waals surface area contributed by atoms with Crippen LogP contribution in [-0.4, -0.2) is 29.2 Å². The van der Waals surface area contributed by atoms with Crippen LogP contribution in [-0.2, 0) is 17.6 Å². The van der Waals surface area contributed by atoms with E-state index in [4.69, 9.17) is 9.26 Å². The second-order valence-corrected chi connectivity index (χ2v) is 5.69. The molecule has 2 aromatic rings. The number of para-hydroxylation sites is 1. The SMILES string of the molecule is CCc1noc(CCNC(=O)COc2ccccc2[C@H](C)CC)n1. The molecule has 0 fully saturated rings. The van der Waals surface area contributed by atoms with Crippen molar-refractivity contribution in [2.45, 2.75) is 46.0 Å². The van der Waals surface area contributed by atoms with E-state index >= 15 is 0 Å². The average Bonchev–Trinajstić information content (AvgIpc) is 3.07. The van der Waals surface area contributed by atoms with E-state index in [0.717, 1.165) is 24.2 Å². The number of amides is 1. The van der Waals surface area contributed by atoms with Gasteiger partial charge in [-0.2, -0.15) is 4.98 Å². The first kappa shape index (κ1) is 18.0. The Bertz CT molecular complexity index is 654. The van der Waals surface area contributed by atoms with Gasteiger partial charge in [0.1, 0.15) is 5.75 Å². The standard InChI is InChI=1S/C18H25N3O3/c1-4-13(3)14-8-6-7-9-15(14)23-12-17(22)19-11-10-18-20-16(5-2)21-24-18/h6-9,13H,4-5,10-12H2,1-3H3,(H,19,22)/t13-/m1/s1. The molecule has 1 aromatic heterocycles. The maximum absolute atomic E-state index is 11.9. The fourth-order valence-electron chi connectivity index (χ4n) is 2.28. The molecule has 1 amide bonds. The van der Waals surface area contributed by atoms with E-state index in [9.17, 15) is 4.79 Å². The summed E-state index contributed by atoms with van der Waals surface area (Å²) in [6, 6.07) is 7.85. The van der Waals surface area contributed by atoms with Gasteiger partial charge >= 0.3 is 0 Å². The van der Waals surface area contributed by atoms with E-state index in [-0.39, 0.29) is 12.5 Å². The summed E-state index contributed by atoms with van der Waals surface area (Å²) in [7, 11) is 0. The van der Waals surface area contributed by atoms with Crippen molar-refractivity contribution in [3.05, 3.63) is 41.5 Å². The smallest absolute Gasteiger partial charge is 0.257 e. The number of nitrogens with one attached hydrogen (secondary N) is 1. The van der Waals surface area contributed by atoms with E-state index in [2.05, 4.69) is 29.3 Å². The van der Waals surface area contributed by atoms with Crippen molar-refractivity contribution < 1.29 is 14.1 Å². The van der Waals surface area contributed by atoms with Crippen molar-refractivity contribution in [2.24, 2.45) is 0 Å². The Morgan fingerprint density at radius 2 is 2.12 bits per heavy atom. The van der Waals surface area contributed by atoms with Crippen LogP contribution in [0.3, 0.4) is 0 Å². The monoisotopic (exact) mass is 331 g/mol. The van der Waals surface area contributed by atoms with Crippen LogP contribution in [0, 0.1) is 0 Å². The fraction of sp³-hybridized carbons (Fsp3) is 0.500.